The average Bonchev–Trinajstić information content (AvgIpc) is 2.84. The summed E-state index contributed by atoms with van der Waals surface area (Å²) in [7, 11) is 0. The van der Waals surface area contributed by atoms with Crippen molar-refractivity contribution < 1.29 is 29.1 Å². The summed E-state index contributed by atoms with van der Waals surface area (Å²) in [6.45, 7) is -0.0392. The Bertz CT molecular complexity index is 600. The van der Waals surface area contributed by atoms with Gasteiger partial charge in [0.25, 0.3) is 5.69 Å². The minimum atomic E-state index is -1.00. The Kier molecular flexibility index (Phi) is 4.21. The normalized spacial score (nSPS) is 12.0. The number of nitrogens with zero attached hydrogens (tertiary/aromatic N) is 1. The van der Waals surface area contributed by atoms with Crippen molar-refractivity contribution >= 4 is 23.3 Å². The van der Waals surface area contributed by atoms with E-state index in [1.807, 2.05) is 0 Å². The van der Waals surface area contributed by atoms with Gasteiger partial charge in [-0.25, -0.2) is 0 Å². The van der Waals surface area contributed by atoms with Crippen LogP contribution in [-0.4, -0.2) is 28.7 Å². The van der Waals surface area contributed by atoms with Gasteiger partial charge >= 0.3 is 5.97 Å². The number of aliphatic carboxylic acids is 1. The summed E-state index contributed by atoms with van der Waals surface area (Å²) in [4.78, 5) is 32.4. The molecule has 1 heterocycles. The van der Waals surface area contributed by atoms with Crippen LogP contribution < -0.4 is 14.8 Å². The van der Waals surface area contributed by atoms with E-state index >= 15 is 0 Å². The Hall–Kier alpha value is -2.84. The number of rotatable bonds is 6. The van der Waals surface area contributed by atoms with Gasteiger partial charge in [-0.1, -0.05) is 0 Å². The first-order chi connectivity index (χ1) is 9.97. The van der Waals surface area contributed by atoms with E-state index in [0.29, 0.717) is 5.75 Å². The largest absolute Gasteiger partial charge is 0.481 e. The van der Waals surface area contributed by atoms with Gasteiger partial charge in [0, 0.05) is 18.9 Å². The summed E-state index contributed by atoms with van der Waals surface area (Å²) < 4.78 is 10.1. The molecule has 0 saturated carbocycles. The lowest BCUT2D eigenvalue weighted by molar-refractivity contribution is -0.384. The number of carboxylic acid groups (broad SMARTS) is 1. The third kappa shape index (κ3) is 3.59. The van der Waals surface area contributed by atoms with Crippen molar-refractivity contribution in [1.82, 2.24) is 0 Å². The molecule has 1 amide bonds. The molecule has 21 heavy (non-hydrogen) atoms. The van der Waals surface area contributed by atoms with Gasteiger partial charge in [0.15, 0.2) is 11.5 Å². The van der Waals surface area contributed by atoms with Crippen LogP contribution in [0, 0.1) is 10.1 Å². The zero-order chi connectivity index (χ0) is 15.4. The van der Waals surface area contributed by atoms with Crippen molar-refractivity contribution in [2.24, 2.45) is 0 Å². The second kappa shape index (κ2) is 6.07. The molecule has 112 valence electrons. The maximum absolute atomic E-state index is 11.7. The number of carboxylic acids is 1. The fraction of sp³-hybridized carbons (Fsp3) is 0.333. The molecule has 2 N–H and O–H groups in total. The summed E-state index contributed by atoms with van der Waals surface area (Å²) in [5, 5.41) is 21.9. The van der Waals surface area contributed by atoms with Gasteiger partial charge in [0.05, 0.1) is 11.0 Å². The summed E-state index contributed by atoms with van der Waals surface area (Å²) >= 11 is 0. The molecular formula is C12H12N2O7. The lowest BCUT2D eigenvalue weighted by Crippen LogP contribution is -2.13. The second-order valence-corrected chi connectivity index (χ2v) is 4.28. The van der Waals surface area contributed by atoms with Crippen LogP contribution in [0.25, 0.3) is 0 Å². The Morgan fingerprint density at radius 3 is 2.57 bits per heavy atom. The summed E-state index contributed by atoms with van der Waals surface area (Å²) in [5.74, 6) is -0.956. The number of carbonyl (C=O) groups is 2. The fourth-order valence-electron chi connectivity index (χ4n) is 1.80. The Morgan fingerprint density at radius 1 is 1.29 bits per heavy atom. The maximum Gasteiger partial charge on any atom is 0.303 e. The molecule has 0 fully saturated rings. The fourth-order valence-corrected chi connectivity index (χ4v) is 1.80. The first-order valence-corrected chi connectivity index (χ1v) is 6.07. The molecule has 1 aliphatic heterocycles. The van der Waals surface area contributed by atoms with Crippen LogP contribution in [0.5, 0.6) is 11.5 Å². The molecule has 1 aliphatic rings. The molecule has 0 spiro atoms. The minimum Gasteiger partial charge on any atom is -0.481 e. The smallest absolute Gasteiger partial charge is 0.303 e. The van der Waals surface area contributed by atoms with Crippen LogP contribution in [0.15, 0.2) is 12.1 Å². The molecule has 1 aromatic rings. The molecule has 0 atom stereocenters. The van der Waals surface area contributed by atoms with Gasteiger partial charge in [0.2, 0.25) is 12.7 Å². The second-order valence-electron chi connectivity index (χ2n) is 4.28. The number of fused-ring (bicyclic) bond motifs is 1. The Morgan fingerprint density at radius 2 is 1.95 bits per heavy atom. The lowest BCUT2D eigenvalue weighted by Gasteiger charge is -2.07. The van der Waals surface area contributed by atoms with Crippen LogP contribution >= 0.6 is 0 Å². The van der Waals surface area contributed by atoms with Crippen molar-refractivity contribution in [3.8, 4) is 11.5 Å². The Labute approximate surface area is 118 Å². The van der Waals surface area contributed by atoms with Crippen molar-refractivity contribution in [2.75, 3.05) is 12.1 Å². The molecule has 2 rings (SSSR count). The number of amides is 1. The summed E-state index contributed by atoms with van der Waals surface area (Å²) in [6, 6.07) is 2.49. The number of nitro benzene ring substituents is 1. The van der Waals surface area contributed by atoms with Crippen LogP contribution in [0.3, 0.4) is 0 Å². The molecule has 1 aromatic carbocycles. The first-order valence-electron chi connectivity index (χ1n) is 6.07. The minimum absolute atomic E-state index is 0.00965. The number of ether oxygens (including phenoxy) is 2. The van der Waals surface area contributed by atoms with Crippen molar-refractivity contribution in [3.05, 3.63) is 22.2 Å². The molecular weight excluding hydrogens is 284 g/mol. The molecule has 0 bridgehead atoms. The predicted molar refractivity (Wildman–Crippen MR) is 69.3 cm³/mol. The van der Waals surface area contributed by atoms with E-state index in [2.05, 4.69) is 5.32 Å². The third-order valence-corrected chi connectivity index (χ3v) is 2.76. The van der Waals surface area contributed by atoms with E-state index in [1.165, 1.54) is 12.1 Å². The van der Waals surface area contributed by atoms with Crippen molar-refractivity contribution in [1.29, 1.82) is 0 Å². The number of benzene rings is 1. The van der Waals surface area contributed by atoms with Gasteiger partial charge in [0.1, 0.15) is 5.69 Å². The SMILES string of the molecule is O=C(O)CCCC(=O)Nc1cc2c(cc1[N+](=O)[O-])OCO2. The Balaban J connectivity index is 2.10. The van der Waals surface area contributed by atoms with E-state index in [4.69, 9.17) is 14.6 Å². The molecule has 9 nitrogen and oxygen atoms in total. The molecule has 0 unspecified atom stereocenters. The van der Waals surface area contributed by atoms with Crippen LogP contribution in [0.2, 0.25) is 0 Å². The highest BCUT2D eigenvalue weighted by Crippen LogP contribution is 2.40. The van der Waals surface area contributed by atoms with Gasteiger partial charge in [-0.2, -0.15) is 0 Å². The van der Waals surface area contributed by atoms with Gasteiger partial charge in [-0.3, -0.25) is 19.7 Å². The van der Waals surface area contributed by atoms with Gasteiger partial charge < -0.3 is 19.9 Å². The van der Waals surface area contributed by atoms with E-state index in [1.54, 1.807) is 0 Å². The highest BCUT2D eigenvalue weighted by atomic mass is 16.7. The lowest BCUT2D eigenvalue weighted by atomic mass is 10.2. The zero-order valence-corrected chi connectivity index (χ0v) is 10.8. The number of hydrogen-bond acceptors (Lipinski definition) is 6. The quantitative estimate of drug-likeness (QED) is 0.601. The van der Waals surface area contributed by atoms with Crippen LogP contribution in [0.1, 0.15) is 19.3 Å². The highest BCUT2D eigenvalue weighted by Gasteiger charge is 2.24. The van der Waals surface area contributed by atoms with E-state index < -0.39 is 16.8 Å². The van der Waals surface area contributed by atoms with Gasteiger partial charge in [-0.15, -0.1) is 0 Å². The zero-order valence-electron chi connectivity index (χ0n) is 10.8. The first kappa shape index (κ1) is 14.6. The van der Waals surface area contributed by atoms with Crippen LogP contribution in [0.4, 0.5) is 11.4 Å². The highest BCUT2D eigenvalue weighted by molar-refractivity contribution is 5.94. The van der Waals surface area contributed by atoms with E-state index in [9.17, 15) is 19.7 Å². The van der Waals surface area contributed by atoms with Crippen LogP contribution in [-0.2, 0) is 9.59 Å². The maximum atomic E-state index is 11.7. The molecule has 0 radical (unpaired) electrons. The molecule has 0 saturated heterocycles. The van der Waals surface area contributed by atoms with E-state index in [-0.39, 0.29) is 43.2 Å². The van der Waals surface area contributed by atoms with Gasteiger partial charge in [-0.05, 0) is 6.42 Å². The monoisotopic (exact) mass is 296 g/mol. The number of nitrogens with one attached hydrogen (secondary N) is 1. The number of carbonyl (C=O) groups excluding carboxylic acids is 1. The third-order valence-electron chi connectivity index (χ3n) is 2.76. The van der Waals surface area contributed by atoms with Crippen molar-refractivity contribution in [3.63, 3.8) is 0 Å². The number of hydrogen-bond donors (Lipinski definition) is 2. The summed E-state index contributed by atoms with van der Waals surface area (Å²) in [5.41, 5.74) is -0.324. The van der Waals surface area contributed by atoms with Crippen molar-refractivity contribution in [2.45, 2.75) is 19.3 Å². The predicted octanol–water partition coefficient (Wildman–Crippen LogP) is 1.52. The average molecular weight is 296 g/mol. The summed E-state index contributed by atoms with van der Waals surface area (Å²) in [6.07, 6.45) is -0.0337. The number of nitro groups is 1. The topological polar surface area (TPSA) is 128 Å². The molecule has 0 aromatic heterocycles. The van der Waals surface area contributed by atoms with E-state index in [0.717, 1.165) is 0 Å². The standard InChI is InChI=1S/C12H12N2O7/c15-11(2-1-3-12(16)17)13-7-4-9-10(21-6-20-9)5-8(7)14(18)19/h4-5H,1-3,6H2,(H,13,15)(H,16,17). The molecule has 9 heteroatoms. The number of anilines is 1. The molecule has 0 aliphatic carbocycles.